The molecule has 6 heteroatoms. The molecule has 0 heterocycles. The number of hydrogen-bond donors (Lipinski definition) is 0. The minimum absolute atomic E-state index is 0.0928. The Morgan fingerprint density at radius 1 is 0.263 bits per heavy atom. The van der Waals surface area contributed by atoms with Gasteiger partial charge in [-0.25, -0.2) is 0 Å². The van der Waals surface area contributed by atoms with Crippen molar-refractivity contribution < 1.29 is 28.6 Å². The average molecular weight is 1110 g/mol. The summed E-state index contributed by atoms with van der Waals surface area (Å²) >= 11 is 0. The lowest BCUT2D eigenvalue weighted by Crippen LogP contribution is -2.30. The Morgan fingerprint density at radius 3 is 0.825 bits per heavy atom. The molecule has 1 atom stereocenters. The maximum atomic E-state index is 13.0. The molecule has 0 aromatic rings. The van der Waals surface area contributed by atoms with E-state index in [4.69, 9.17) is 14.2 Å². The van der Waals surface area contributed by atoms with Crippen molar-refractivity contribution in [1.82, 2.24) is 0 Å². The van der Waals surface area contributed by atoms with Crippen LogP contribution in [0.1, 0.15) is 335 Å². The molecule has 0 amide bonds. The molecule has 0 fully saturated rings. The van der Waals surface area contributed by atoms with Crippen LogP contribution in [0, 0.1) is 0 Å². The number of carbonyl (C=O) groups excluding carboxylic acids is 3. The highest BCUT2D eigenvalue weighted by atomic mass is 16.6. The van der Waals surface area contributed by atoms with E-state index < -0.39 is 6.10 Å². The zero-order chi connectivity index (χ0) is 57.8. The fraction of sp³-hybridized carbons (Fsp3) is 0.743. The standard InChI is InChI=1S/C74H128O6/c1-4-7-10-13-16-19-22-25-28-31-33-35-37-39-41-43-46-49-52-55-58-61-64-67-73(76)79-70-71(69-78-72(75)66-63-60-57-54-51-48-45-30-27-24-21-18-15-12-9-6-3)80-74(77)68-65-62-59-56-53-50-47-44-42-40-38-36-34-32-29-26-23-20-17-14-11-8-5-2/h7,10,16,19,25,28,32-35,39,41,46,49,55,58,71H,4-6,8-9,11-15,17-18,20-24,26-27,29-31,36-38,40,42-45,47-48,50-54,56-57,59-70H2,1-3H3/b10-7-,19-16-,28-25-,34-32-,35-33-,41-39-,49-46-,58-55-. The quantitative estimate of drug-likeness (QED) is 0.0261. The van der Waals surface area contributed by atoms with E-state index >= 15 is 0 Å². The van der Waals surface area contributed by atoms with Crippen molar-refractivity contribution in [2.24, 2.45) is 0 Å². The molecule has 0 aromatic heterocycles. The average Bonchev–Trinajstić information content (AvgIpc) is 3.46. The highest BCUT2D eigenvalue weighted by molar-refractivity contribution is 5.71. The fourth-order valence-electron chi connectivity index (χ4n) is 9.72. The topological polar surface area (TPSA) is 78.9 Å². The maximum Gasteiger partial charge on any atom is 0.306 e. The van der Waals surface area contributed by atoms with Gasteiger partial charge in [0.2, 0.25) is 0 Å². The van der Waals surface area contributed by atoms with Gasteiger partial charge in [0.05, 0.1) is 0 Å². The van der Waals surface area contributed by atoms with Gasteiger partial charge in [-0.2, -0.15) is 0 Å². The molecule has 0 aliphatic heterocycles. The first kappa shape index (κ1) is 76.3. The molecule has 1 unspecified atom stereocenters. The van der Waals surface area contributed by atoms with Crippen molar-refractivity contribution >= 4 is 17.9 Å². The van der Waals surface area contributed by atoms with E-state index in [1.54, 1.807) is 0 Å². The summed E-state index contributed by atoms with van der Waals surface area (Å²) in [5.74, 6) is -0.940. The number of esters is 3. The molecular formula is C74H128O6. The zero-order valence-electron chi connectivity index (χ0n) is 52.8. The highest BCUT2D eigenvalue weighted by Crippen LogP contribution is 2.17. The fourth-order valence-corrected chi connectivity index (χ4v) is 9.72. The second-order valence-electron chi connectivity index (χ2n) is 22.7. The van der Waals surface area contributed by atoms with Crippen LogP contribution in [-0.4, -0.2) is 37.2 Å². The van der Waals surface area contributed by atoms with Crippen LogP contribution in [0.4, 0.5) is 0 Å². The van der Waals surface area contributed by atoms with Gasteiger partial charge in [-0.15, -0.1) is 0 Å². The van der Waals surface area contributed by atoms with E-state index in [0.29, 0.717) is 19.3 Å². The molecule has 460 valence electrons. The summed E-state index contributed by atoms with van der Waals surface area (Å²) in [6.45, 7) is 6.52. The third-order valence-corrected chi connectivity index (χ3v) is 14.8. The third-order valence-electron chi connectivity index (χ3n) is 14.8. The molecule has 0 rings (SSSR count). The molecule has 0 saturated carbocycles. The number of ether oxygens (including phenoxy) is 3. The molecule has 0 aliphatic rings. The Bertz CT molecular complexity index is 1560. The van der Waals surface area contributed by atoms with Crippen molar-refractivity contribution in [3.05, 3.63) is 97.2 Å². The minimum atomic E-state index is -0.802. The van der Waals surface area contributed by atoms with Crippen LogP contribution in [0.3, 0.4) is 0 Å². The Balaban J connectivity index is 4.44. The van der Waals surface area contributed by atoms with Crippen LogP contribution in [0.2, 0.25) is 0 Å². The summed E-state index contributed by atoms with van der Waals surface area (Å²) in [6.07, 6.45) is 91.4. The van der Waals surface area contributed by atoms with Gasteiger partial charge in [0.15, 0.2) is 6.10 Å². The van der Waals surface area contributed by atoms with Crippen molar-refractivity contribution in [2.45, 2.75) is 341 Å². The van der Waals surface area contributed by atoms with E-state index in [-0.39, 0.29) is 37.5 Å². The summed E-state index contributed by atoms with van der Waals surface area (Å²) in [6, 6.07) is 0. The Kier molecular flexibility index (Phi) is 64.7. The number of allylic oxidation sites excluding steroid dienone is 16. The van der Waals surface area contributed by atoms with Gasteiger partial charge in [-0.1, -0.05) is 317 Å². The third kappa shape index (κ3) is 65.1. The first-order valence-corrected chi connectivity index (χ1v) is 34.2. The number of carbonyl (C=O) groups is 3. The number of hydrogen-bond acceptors (Lipinski definition) is 6. The van der Waals surface area contributed by atoms with E-state index in [9.17, 15) is 14.4 Å². The predicted octanol–water partition coefficient (Wildman–Crippen LogP) is 23.6. The molecule has 0 bridgehead atoms. The van der Waals surface area contributed by atoms with Gasteiger partial charge < -0.3 is 14.2 Å². The SMILES string of the molecule is CC/C=C\C/C=C\C/C=C\C/C=C\C/C=C\C/C=C\C/C=C\CCCC(=O)OCC(COC(=O)CCCCCCCCCCCCCCCCCC)OC(=O)CCCCCCCCCCCCC/C=C\CCCCCCCCCC. The Morgan fingerprint density at radius 2 is 0.500 bits per heavy atom. The summed E-state index contributed by atoms with van der Waals surface area (Å²) in [4.78, 5) is 38.4. The summed E-state index contributed by atoms with van der Waals surface area (Å²) in [7, 11) is 0. The second-order valence-corrected chi connectivity index (χ2v) is 22.7. The molecule has 0 spiro atoms. The van der Waals surface area contributed by atoms with Gasteiger partial charge >= 0.3 is 17.9 Å². The maximum absolute atomic E-state index is 13.0. The summed E-state index contributed by atoms with van der Waals surface area (Å²) < 4.78 is 16.9. The van der Waals surface area contributed by atoms with Crippen molar-refractivity contribution in [1.29, 1.82) is 0 Å². The highest BCUT2D eigenvalue weighted by Gasteiger charge is 2.19. The zero-order valence-corrected chi connectivity index (χ0v) is 52.8. The lowest BCUT2D eigenvalue weighted by molar-refractivity contribution is -0.167. The van der Waals surface area contributed by atoms with E-state index in [0.717, 1.165) is 89.9 Å². The largest absolute Gasteiger partial charge is 0.462 e. The first-order chi connectivity index (χ1) is 39.5. The summed E-state index contributed by atoms with van der Waals surface area (Å²) in [5, 5.41) is 0. The smallest absolute Gasteiger partial charge is 0.306 e. The molecule has 6 nitrogen and oxygen atoms in total. The van der Waals surface area contributed by atoms with Crippen LogP contribution in [0.15, 0.2) is 97.2 Å². The van der Waals surface area contributed by atoms with Gasteiger partial charge in [0.25, 0.3) is 0 Å². The Hall–Kier alpha value is -3.67. The number of rotatable bonds is 62. The predicted molar refractivity (Wildman–Crippen MR) is 348 cm³/mol. The van der Waals surface area contributed by atoms with Gasteiger partial charge in [-0.3, -0.25) is 14.4 Å². The second kappa shape index (κ2) is 67.8. The van der Waals surface area contributed by atoms with E-state index in [2.05, 4.69) is 118 Å². The molecule has 0 aromatic carbocycles. The first-order valence-electron chi connectivity index (χ1n) is 34.2. The van der Waals surface area contributed by atoms with Crippen LogP contribution >= 0.6 is 0 Å². The van der Waals surface area contributed by atoms with E-state index in [1.807, 2.05) is 0 Å². The van der Waals surface area contributed by atoms with Crippen LogP contribution in [-0.2, 0) is 28.6 Å². The lowest BCUT2D eigenvalue weighted by atomic mass is 10.0. The molecule has 0 N–H and O–H groups in total. The van der Waals surface area contributed by atoms with Gasteiger partial charge in [0.1, 0.15) is 13.2 Å². The van der Waals surface area contributed by atoms with Gasteiger partial charge in [0, 0.05) is 19.3 Å². The minimum Gasteiger partial charge on any atom is -0.462 e. The van der Waals surface area contributed by atoms with E-state index in [1.165, 1.54) is 199 Å². The van der Waals surface area contributed by atoms with Crippen molar-refractivity contribution in [2.75, 3.05) is 13.2 Å². The Labute approximate surface area is 496 Å². The lowest BCUT2D eigenvalue weighted by Gasteiger charge is -2.18. The van der Waals surface area contributed by atoms with Crippen LogP contribution in [0.25, 0.3) is 0 Å². The number of unbranched alkanes of at least 4 members (excludes halogenated alkanes) is 35. The van der Waals surface area contributed by atoms with Crippen LogP contribution < -0.4 is 0 Å². The van der Waals surface area contributed by atoms with Crippen molar-refractivity contribution in [3.63, 3.8) is 0 Å². The normalized spacial score (nSPS) is 12.7. The van der Waals surface area contributed by atoms with Gasteiger partial charge in [-0.05, 0) is 96.3 Å². The van der Waals surface area contributed by atoms with Crippen LogP contribution in [0.5, 0.6) is 0 Å². The molecule has 0 saturated heterocycles. The molecule has 0 radical (unpaired) electrons. The van der Waals surface area contributed by atoms with Crippen molar-refractivity contribution in [3.8, 4) is 0 Å². The molecule has 0 aliphatic carbocycles. The molecular weight excluding hydrogens is 985 g/mol. The monoisotopic (exact) mass is 1110 g/mol. The summed E-state index contributed by atoms with van der Waals surface area (Å²) in [5.41, 5.74) is 0. The molecule has 80 heavy (non-hydrogen) atoms.